The van der Waals surface area contributed by atoms with E-state index in [1.807, 2.05) is 0 Å². The average Bonchev–Trinajstić information content (AvgIpc) is 2.73. The van der Waals surface area contributed by atoms with Crippen molar-refractivity contribution in [3.8, 4) is 0 Å². The molecule has 0 spiro atoms. The van der Waals surface area contributed by atoms with Crippen LogP contribution in [-0.4, -0.2) is 56.9 Å². The summed E-state index contributed by atoms with van der Waals surface area (Å²) in [6.45, 7) is 1.16. The van der Waals surface area contributed by atoms with E-state index in [2.05, 4.69) is 31.2 Å². The maximum absolute atomic E-state index is 11.9. The molecule has 176 valence electrons. The number of unbranched alkanes of at least 4 members (excludes halogenated alkanes) is 7. The Morgan fingerprint density at radius 2 is 1.30 bits per heavy atom. The third-order valence-corrected chi connectivity index (χ3v) is 5.48. The number of aliphatic hydroxyl groups is 4. The Labute approximate surface area is 182 Å². The van der Waals surface area contributed by atoms with Crippen molar-refractivity contribution in [2.24, 2.45) is 5.41 Å². The van der Waals surface area contributed by atoms with Gasteiger partial charge in [0.1, 0.15) is 0 Å². The van der Waals surface area contributed by atoms with Crippen LogP contribution < -0.4 is 0 Å². The normalized spacial score (nSPS) is 16.2. The average molecular weight is 429 g/mol. The van der Waals surface area contributed by atoms with Gasteiger partial charge < -0.3 is 25.5 Å². The second kappa shape index (κ2) is 18.6. The van der Waals surface area contributed by atoms with Gasteiger partial charge in [-0.25, -0.2) is 0 Å². The first-order chi connectivity index (χ1) is 14.4. The van der Waals surface area contributed by atoms with E-state index in [9.17, 15) is 20.1 Å². The smallest absolute Gasteiger partial charge is 0.309 e. The molecule has 0 amide bonds. The van der Waals surface area contributed by atoms with Gasteiger partial charge in [0.25, 0.3) is 0 Å². The molecule has 0 heterocycles. The fourth-order valence-corrected chi connectivity index (χ4v) is 3.70. The molecule has 0 bridgehead atoms. The van der Waals surface area contributed by atoms with Gasteiger partial charge in [0.05, 0.1) is 30.8 Å². The van der Waals surface area contributed by atoms with E-state index < -0.39 is 36.8 Å². The number of carboxylic acid groups (broad SMARTS) is 1. The van der Waals surface area contributed by atoms with Crippen LogP contribution in [-0.2, 0) is 4.79 Å². The summed E-state index contributed by atoms with van der Waals surface area (Å²) in [5.74, 6) is -1.10. The van der Waals surface area contributed by atoms with Crippen LogP contribution in [0.3, 0.4) is 0 Å². The second-order valence-corrected chi connectivity index (χ2v) is 8.29. The quantitative estimate of drug-likeness (QED) is 0.148. The zero-order chi connectivity index (χ0) is 22.7. The highest BCUT2D eigenvalue weighted by Gasteiger charge is 2.41. The van der Waals surface area contributed by atoms with E-state index >= 15 is 0 Å². The van der Waals surface area contributed by atoms with Crippen LogP contribution in [0, 0.1) is 5.41 Å². The van der Waals surface area contributed by atoms with Crippen molar-refractivity contribution in [3.05, 3.63) is 24.3 Å². The number of carbonyl (C=O) groups is 1. The van der Waals surface area contributed by atoms with Gasteiger partial charge in [0.15, 0.2) is 0 Å². The third kappa shape index (κ3) is 13.9. The van der Waals surface area contributed by atoms with Crippen LogP contribution >= 0.6 is 0 Å². The molecule has 0 aromatic carbocycles. The van der Waals surface area contributed by atoms with Crippen molar-refractivity contribution >= 4 is 5.97 Å². The SMILES string of the molecule is CCCCCC=CCC=CCCCCCCC(CC(O)CO)(CC(O)CO)C(=O)O. The minimum atomic E-state index is -1.34. The zero-order valence-corrected chi connectivity index (χ0v) is 18.7. The van der Waals surface area contributed by atoms with Crippen molar-refractivity contribution in [2.75, 3.05) is 13.2 Å². The summed E-state index contributed by atoms with van der Waals surface area (Å²) >= 11 is 0. The molecular weight excluding hydrogens is 384 g/mol. The molecule has 2 atom stereocenters. The first-order valence-electron chi connectivity index (χ1n) is 11.5. The lowest BCUT2D eigenvalue weighted by Crippen LogP contribution is -2.39. The Bertz CT molecular complexity index is 462. The van der Waals surface area contributed by atoms with Gasteiger partial charge in [-0.2, -0.15) is 0 Å². The fourth-order valence-electron chi connectivity index (χ4n) is 3.70. The van der Waals surface area contributed by atoms with Gasteiger partial charge in [0.2, 0.25) is 0 Å². The van der Waals surface area contributed by atoms with Gasteiger partial charge in [-0.1, -0.05) is 63.3 Å². The standard InChI is InChI=1S/C24H44O6/c1-2-3-4-5-6-7-8-9-10-11-12-13-14-15-16-24(23(29)30,17-21(27)19-25)18-22(28)20-26/h6-7,9-10,21-22,25-28H,2-5,8,11-20H2,1H3,(H,29,30). The maximum Gasteiger partial charge on any atom is 0.309 e. The predicted molar refractivity (Wildman–Crippen MR) is 120 cm³/mol. The number of hydrogen-bond acceptors (Lipinski definition) is 5. The molecule has 6 heteroatoms. The number of carboxylic acids is 1. The number of allylic oxidation sites excluding steroid dienone is 4. The van der Waals surface area contributed by atoms with Crippen LogP contribution in [0.1, 0.15) is 90.4 Å². The molecule has 0 rings (SSSR count). The predicted octanol–water partition coefficient (Wildman–Crippen LogP) is 3.97. The van der Waals surface area contributed by atoms with Crippen molar-refractivity contribution in [1.29, 1.82) is 0 Å². The molecule has 0 aliphatic rings. The monoisotopic (exact) mass is 428 g/mol. The summed E-state index contributed by atoms with van der Waals surface area (Å²) in [5, 5.41) is 47.5. The lowest BCUT2D eigenvalue weighted by Gasteiger charge is -2.32. The highest BCUT2D eigenvalue weighted by molar-refractivity contribution is 5.74. The Balaban J connectivity index is 4.21. The molecule has 0 fully saturated rings. The van der Waals surface area contributed by atoms with Gasteiger partial charge in [-0.3, -0.25) is 4.79 Å². The van der Waals surface area contributed by atoms with E-state index in [1.54, 1.807) is 0 Å². The van der Waals surface area contributed by atoms with Gasteiger partial charge in [0, 0.05) is 0 Å². The second-order valence-electron chi connectivity index (χ2n) is 8.29. The minimum absolute atomic E-state index is 0.134. The first kappa shape index (κ1) is 28.8. The summed E-state index contributed by atoms with van der Waals surface area (Å²) in [6, 6.07) is 0. The molecule has 0 aromatic heterocycles. The van der Waals surface area contributed by atoms with Crippen molar-refractivity contribution < 1.29 is 30.3 Å². The lowest BCUT2D eigenvalue weighted by atomic mass is 9.73. The molecule has 0 saturated heterocycles. The van der Waals surface area contributed by atoms with Crippen LogP contribution in [0.15, 0.2) is 24.3 Å². The van der Waals surface area contributed by atoms with Crippen LogP contribution in [0.4, 0.5) is 0 Å². The summed E-state index contributed by atoms with van der Waals surface area (Å²) in [4.78, 5) is 11.9. The van der Waals surface area contributed by atoms with Gasteiger partial charge in [-0.05, 0) is 51.4 Å². The molecule has 0 radical (unpaired) electrons. The number of aliphatic carboxylic acids is 1. The van der Waals surface area contributed by atoms with Gasteiger partial charge in [-0.15, -0.1) is 0 Å². The van der Waals surface area contributed by atoms with Gasteiger partial charge >= 0.3 is 5.97 Å². The number of rotatable bonds is 20. The van der Waals surface area contributed by atoms with E-state index in [-0.39, 0.29) is 12.8 Å². The Morgan fingerprint density at radius 3 is 1.77 bits per heavy atom. The Hall–Kier alpha value is -1.21. The van der Waals surface area contributed by atoms with E-state index in [4.69, 9.17) is 10.2 Å². The van der Waals surface area contributed by atoms with Crippen molar-refractivity contribution in [3.63, 3.8) is 0 Å². The molecular formula is C24H44O6. The number of aliphatic hydroxyl groups excluding tert-OH is 4. The Morgan fingerprint density at radius 1 is 0.800 bits per heavy atom. The van der Waals surface area contributed by atoms with E-state index in [1.165, 1.54) is 19.3 Å². The summed E-state index contributed by atoms with van der Waals surface area (Å²) in [6.07, 6.45) is 17.0. The van der Waals surface area contributed by atoms with Crippen LogP contribution in [0.5, 0.6) is 0 Å². The summed E-state index contributed by atoms with van der Waals surface area (Å²) in [5.41, 5.74) is -1.34. The molecule has 0 aromatic rings. The molecule has 2 unspecified atom stereocenters. The Kier molecular flexibility index (Phi) is 17.8. The van der Waals surface area contributed by atoms with Crippen molar-refractivity contribution in [2.45, 2.75) is 103 Å². The molecule has 5 N–H and O–H groups in total. The van der Waals surface area contributed by atoms with Crippen LogP contribution in [0.25, 0.3) is 0 Å². The lowest BCUT2D eigenvalue weighted by molar-refractivity contribution is -0.155. The molecule has 0 aliphatic heterocycles. The van der Waals surface area contributed by atoms with E-state index in [0.29, 0.717) is 12.8 Å². The van der Waals surface area contributed by atoms with Crippen molar-refractivity contribution in [1.82, 2.24) is 0 Å². The first-order valence-corrected chi connectivity index (χ1v) is 11.5. The highest BCUT2D eigenvalue weighted by Crippen LogP contribution is 2.36. The zero-order valence-electron chi connectivity index (χ0n) is 18.7. The molecule has 30 heavy (non-hydrogen) atoms. The highest BCUT2D eigenvalue weighted by atomic mass is 16.4. The van der Waals surface area contributed by atoms with E-state index in [0.717, 1.165) is 38.5 Å². The minimum Gasteiger partial charge on any atom is -0.481 e. The number of hydrogen-bond donors (Lipinski definition) is 5. The molecule has 0 saturated carbocycles. The molecule has 6 nitrogen and oxygen atoms in total. The maximum atomic E-state index is 11.9. The summed E-state index contributed by atoms with van der Waals surface area (Å²) < 4.78 is 0. The largest absolute Gasteiger partial charge is 0.481 e. The van der Waals surface area contributed by atoms with Crippen LogP contribution in [0.2, 0.25) is 0 Å². The fraction of sp³-hybridized carbons (Fsp3) is 0.792. The third-order valence-electron chi connectivity index (χ3n) is 5.48. The molecule has 0 aliphatic carbocycles. The topological polar surface area (TPSA) is 118 Å². The summed E-state index contributed by atoms with van der Waals surface area (Å²) in [7, 11) is 0.